The molecule has 0 fully saturated rings. The van der Waals surface area contributed by atoms with E-state index in [2.05, 4.69) is 20.5 Å². The summed E-state index contributed by atoms with van der Waals surface area (Å²) in [5, 5.41) is 16.6. The van der Waals surface area contributed by atoms with E-state index >= 15 is 0 Å². The van der Waals surface area contributed by atoms with Crippen molar-refractivity contribution >= 4 is 34.9 Å². The Labute approximate surface area is 126 Å². The molecular formula is C12H10CuN4OS. The summed E-state index contributed by atoms with van der Waals surface area (Å²) in [5.41, 5.74) is 3.57. The maximum atomic E-state index is 11.6. The Hall–Kier alpha value is -1.69. The average molecular weight is 322 g/mol. The van der Waals surface area contributed by atoms with Crippen LogP contribution in [0.1, 0.15) is 5.69 Å². The molecule has 0 atom stereocenters. The molecule has 0 aliphatic carbocycles. The maximum Gasteiger partial charge on any atom is 2.00 e. The third-order valence-electron chi connectivity index (χ3n) is 2.26. The normalized spacial score (nSPS) is 11.5. The molecule has 1 N–H and O–H groups in total. The Morgan fingerprint density at radius 2 is 2.16 bits per heavy atom. The van der Waals surface area contributed by atoms with Gasteiger partial charge in [0, 0.05) is 7.05 Å². The van der Waals surface area contributed by atoms with E-state index in [9.17, 15) is 5.11 Å². The van der Waals surface area contributed by atoms with Crippen molar-refractivity contribution in [3.63, 3.8) is 0 Å². The summed E-state index contributed by atoms with van der Waals surface area (Å²) >= 11 is 4.81. The Morgan fingerprint density at radius 3 is 2.89 bits per heavy atom. The van der Waals surface area contributed by atoms with E-state index in [0.717, 1.165) is 5.39 Å². The summed E-state index contributed by atoms with van der Waals surface area (Å²) in [6.45, 7) is 0. The number of hydrazone groups is 1. The molecular weight excluding hydrogens is 312 g/mol. The third-order valence-corrected chi connectivity index (χ3v) is 2.54. The smallest absolute Gasteiger partial charge is 0.871 e. The number of para-hydroxylation sites is 1. The van der Waals surface area contributed by atoms with Crippen LogP contribution < -0.4 is 10.5 Å². The fourth-order valence-electron chi connectivity index (χ4n) is 1.41. The van der Waals surface area contributed by atoms with E-state index in [1.807, 2.05) is 12.1 Å². The minimum atomic E-state index is -0.102. The Bertz CT molecular complexity index is 630. The van der Waals surface area contributed by atoms with Gasteiger partial charge in [0.25, 0.3) is 0 Å². The fourth-order valence-corrected chi connectivity index (χ4v) is 1.46. The van der Waals surface area contributed by atoms with Gasteiger partial charge in [-0.1, -0.05) is 30.0 Å². The SMILES string of the molecule is CN=C([S-])N/N=C/c1ccc2cccc([O-])c2n1.[Cu+2]. The molecule has 1 heterocycles. The van der Waals surface area contributed by atoms with Crippen molar-refractivity contribution in [1.29, 1.82) is 0 Å². The standard InChI is InChI=1S/C12H12N4OS.Cu/c1-13-12(18)16-14-7-9-6-5-8-3-2-4-10(17)11(8)15-9;/h2-7,17H,1H3,(H2,13,16,18);/q;+2/p-2/b14-7+;. The van der Waals surface area contributed by atoms with Gasteiger partial charge in [-0.15, -0.1) is 0 Å². The van der Waals surface area contributed by atoms with Crippen LogP contribution in [0.2, 0.25) is 0 Å². The number of fused-ring (bicyclic) bond motifs is 1. The predicted molar refractivity (Wildman–Crippen MR) is 72.6 cm³/mol. The van der Waals surface area contributed by atoms with Crippen LogP contribution in [0.15, 0.2) is 40.4 Å². The molecule has 1 aromatic heterocycles. The molecule has 7 heteroatoms. The molecule has 2 rings (SSSR count). The maximum absolute atomic E-state index is 11.6. The van der Waals surface area contributed by atoms with Crippen molar-refractivity contribution in [3.05, 3.63) is 36.0 Å². The topological polar surface area (TPSA) is 72.7 Å². The molecule has 1 radical (unpaired) electrons. The van der Waals surface area contributed by atoms with Crippen LogP contribution in [0.5, 0.6) is 5.75 Å². The summed E-state index contributed by atoms with van der Waals surface area (Å²) in [7, 11) is 1.57. The first kappa shape index (κ1) is 15.4. The Kier molecular flexibility index (Phi) is 5.69. The average Bonchev–Trinajstić information content (AvgIpc) is 2.39. The monoisotopic (exact) mass is 321 g/mol. The van der Waals surface area contributed by atoms with Crippen molar-refractivity contribution in [2.24, 2.45) is 10.1 Å². The van der Waals surface area contributed by atoms with Crippen LogP contribution in [0.4, 0.5) is 0 Å². The van der Waals surface area contributed by atoms with E-state index in [1.165, 1.54) is 12.3 Å². The molecule has 0 saturated heterocycles. The Balaban J connectivity index is 0.00000180. The molecule has 0 amide bonds. The quantitative estimate of drug-likeness (QED) is 0.291. The molecule has 101 valence electrons. The van der Waals surface area contributed by atoms with Gasteiger partial charge in [0.05, 0.1) is 17.4 Å². The summed E-state index contributed by atoms with van der Waals surface area (Å²) in [5.74, 6) is -0.102. The van der Waals surface area contributed by atoms with E-state index in [1.54, 1.807) is 19.2 Å². The second-order valence-corrected chi connectivity index (χ2v) is 3.85. The van der Waals surface area contributed by atoms with Crippen LogP contribution in [-0.4, -0.2) is 23.4 Å². The number of hydrogen-bond acceptors (Lipinski definition) is 5. The van der Waals surface area contributed by atoms with Crippen LogP contribution in [0.25, 0.3) is 10.9 Å². The van der Waals surface area contributed by atoms with Gasteiger partial charge >= 0.3 is 17.1 Å². The number of pyridine rings is 1. The van der Waals surface area contributed by atoms with Crippen LogP contribution in [0.3, 0.4) is 0 Å². The van der Waals surface area contributed by atoms with E-state index in [-0.39, 0.29) is 28.0 Å². The summed E-state index contributed by atoms with van der Waals surface area (Å²) in [6, 6.07) is 8.64. The molecule has 0 saturated carbocycles. The van der Waals surface area contributed by atoms with Crippen molar-refractivity contribution in [2.45, 2.75) is 0 Å². The number of aliphatic imine (C=N–C) groups is 1. The van der Waals surface area contributed by atoms with E-state index in [4.69, 9.17) is 12.6 Å². The number of rotatable bonds is 2. The number of benzene rings is 1. The largest absolute Gasteiger partial charge is 2.00 e. The molecule has 0 unspecified atom stereocenters. The zero-order valence-corrected chi connectivity index (χ0v) is 11.7. The first-order valence-electron chi connectivity index (χ1n) is 5.20. The zero-order chi connectivity index (χ0) is 13.0. The van der Waals surface area contributed by atoms with Crippen molar-refractivity contribution < 1.29 is 22.2 Å². The van der Waals surface area contributed by atoms with Gasteiger partial charge in [-0.25, -0.2) is 4.98 Å². The number of hydrogen-bond donors (Lipinski definition) is 1. The van der Waals surface area contributed by atoms with Gasteiger partial charge in [-0.05, 0) is 16.6 Å². The van der Waals surface area contributed by atoms with Crippen LogP contribution >= 0.6 is 0 Å². The van der Waals surface area contributed by atoms with Gasteiger partial charge in [0.1, 0.15) is 0 Å². The van der Waals surface area contributed by atoms with Crippen molar-refractivity contribution in [3.8, 4) is 5.75 Å². The van der Waals surface area contributed by atoms with E-state index in [0.29, 0.717) is 11.2 Å². The number of amidine groups is 1. The third kappa shape index (κ3) is 3.89. The van der Waals surface area contributed by atoms with Crippen LogP contribution in [0, 0.1) is 0 Å². The van der Waals surface area contributed by atoms with Gasteiger partial charge in [-0.3, -0.25) is 10.4 Å². The van der Waals surface area contributed by atoms with Crippen molar-refractivity contribution in [2.75, 3.05) is 7.05 Å². The first-order valence-corrected chi connectivity index (χ1v) is 5.61. The number of aromatic nitrogens is 1. The molecule has 5 nitrogen and oxygen atoms in total. The molecule has 19 heavy (non-hydrogen) atoms. The molecule has 0 bridgehead atoms. The summed E-state index contributed by atoms with van der Waals surface area (Å²) < 4.78 is 0. The molecule has 0 aliphatic heterocycles. The summed E-state index contributed by atoms with van der Waals surface area (Å²) in [6.07, 6.45) is 1.49. The molecule has 0 aliphatic rings. The second-order valence-electron chi connectivity index (χ2n) is 3.46. The summed E-state index contributed by atoms with van der Waals surface area (Å²) in [4.78, 5) is 7.94. The minimum Gasteiger partial charge on any atom is -0.871 e. The van der Waals surface area contributed by atoms with Crippen LogP contribution in [-0.2, 0) is 29.7 Å². The van der Waals surface area contributed by atoms with Gasteiger partial charge < -0.3 is 17.7 Å². The minimum absolute atomic E-state index is 0. The van der Waals surface area contributed by atoms with Gasteiger partial charge in [0.2, 0.25) is 0 Å². The Morgan fingerprint density at radius 1 is 1.37 bits per heavy atom. The predicted octanol–water partition coefficient (Wildman–Crippen LogP) is 0.762. The zero-order valence-electron chi connectivity index (χ0n) is 9.92. The molecule has 1 aromatic carbocycles. The number of nitrogens with one attached hydrogen (secondary N) is 1. The van der Waals surface area contributed by atoms with Gasteiger partial charge in [0.15, 0.2) is 0 Å². The fraction of sp³-hybridized carbons (Fsp3) is 0.0833. The second kappa shape index (κ2) is 7.04. The van der Waals surface area contributed by atoms with Gasteiger partial charge in [-0.2, -0.15) is 5.10 Å². The van der Waals surface area contributed by atoms with E-state index < -0.39 is 0 Å². The molecule has 2 aromatic rings. The van der Waals surface area contributed by atoms with Crippen molar-refractivity contribution in [1.82, 2.24) is 10.4 Å². The molecule has 0 spiro atoms. The first-order chi connectivity index (χ1) is 8.70. The number of nitrogens with zero attached hydrogens (tertiary/aromatic N) is 3.